The van der Waals surface area contributed by atoms with E-state index in [2.05, 4.69) is 10.6 Å². The molecule has 0 saturated carbocycles. The van der Waals surface area contributed by atoms with Crippen LogP contribution in [-0.2, 0) is 9.31 Å². The number of benzene rings is 1. The molecule has 8 heteroatoms. The molecule has 1 heterocycles. The number of halogens is 2. The van der Waals surface area contributed by atoms with Gasteiger partial charge < -0.3 is 19.9 Å². The number of anilines is 1. The first-order chi connectivity index (χ1) is 10.6. The highest BCUT2D eigenvalue weighted by Gasteiger charge is 2.52. The molecule has 1 saturated heterocycles. The third kappa shape index (κ3) is 3.33. The zero-order chi connectivity index (χ0) is 17.4. The van der Waals surface area contributed by atoms with Gasteiger partial charge in [-0.05, 0) is 40.7 Å². The SMILES string of the molecule is CCNC(=O)Nc1ccc(B2OC(C)(C)C(C)(C)O2)c(F)c1F. The summed E-state index contributed by atoms with van der Waals surface area (Å²) in [6, 6.07) is 2.03. The number of hydrogen-bond acceptors (Lipinski definition) is 3. The standard InChI is InChI=1S/C15H21BF2N2O3/c1-6-19-13(21)20-10-8-7-9(11(17)12(10)18)16-22-14(2,3)15(4,5)23-16/h7-8H,6H2,1-5H3,(H2,19,20,21). The van der Waals surface area contributed by atoms with Crippen molar-refractivity contribution in [1.82, 2.24) is 5.32 Å². The summed E-state index contributed by atoms with van der Waals surface area (Å²) >= 11 is 0. The van der Waals surface area contributed by atoms with E-state index in [0.717, 1.165) is 0 Å². The lowest BCUT2D eigenvalue weighted by molar-refractivity contribution is 0.00578. The van der Waals surface area contributed by atoms with Gasteiger partial charge in [-0.25, -0.2) is 13.6 Å². The second kappa shape index (κ2) is 6.09. The van der Waals surface area contributed by atoms with E-state index in [4.69, 9.17) is 9.31 Å². The number of carbonyl (C=O) groups excluding carboxylic acids is 1. The number of carbonyl (C=O) groups is 1. The minimum atomic E-state index is -1.15. The van der Waals surface area contributed by atoms with Gasteiger partial charge in [-0.1, -0.05) is 6.07 Å². The van der Waals surface area contributed by atoms with Crippen LogP contribution < -0.4 is 16.1 Å². The zero-order valence-corrected chi connectivity index (χ0v) is 13.9. The second-order valence-corrected chi connectivity index (χ2v) is 6.40. The minimum Gasteiger partial charge on any atom is -0.399 e. The average molecular weight is 326 g/mol. The van der Waals surface area contributed by atoms with E-state index in [-0.39, 0.29) is 11.2 Å². The Labute approximate surface area is 134 Å². The number of hydrogen-bond donors (Lipinski definition) is 2. The van der Waals surface area contributed by atoms with Crippen LogP contribution in [0.25, 0.3) is 0 Å². The fourth-order valence-corrected chi connectivity index (χ4v) is 2.14. The summed E-state index contributed by atoms with van der Waals surface area (Å²) in [5.41, 5.74) is -1.59. The van der Waals surface area contributed by atoms with Gasteiger partial charge in [0.25, 0.3) is 0 Å². The Bertz CT molecular complexity index is 607. The van der Waals surface area contributed by atoms with Crippen molar-refractivity contribution in [3.63, 3.8) is 0 Å². The van der Waals surface area contributed by atoms with Crippen molar-refractivity contribution >= 4 is 24.3 Å². The molecule has 0 atom stereocenters. The van der Waals surface area contributed by atoms with Crippen LogP contribution in [0, 0.1) is 11.6 Å². The maximum atomic E-state index is 14.3. The number of amides is 2. The molecule has 0 aromatic heterocycles. The molecule has 0 unspecified atom stereocenters. The van der Waals surface area contributed by atoms with Crippen molar-refractivity contribution in [2.24, 2.45) is 0 Å². The quantitative estimate of drug-likeness (QED) is 0.839. The van der Waals surface area contributed by atoms with Gasteiger partial charge in [-0.3, -0.25) is 0 Å². The van der Waals surface area contributed by atoms with E-state index >= 15 is 0 Å². The Morgan fingerprint density at radius 2 is 1.70 bits per heavy atom. The van der Waals surface area contributed by atoms with Crippen LogP contribution in [0.4, 0.5) is 19.3 Å². The fourth-order valence-electron chi connectivity index (χ4n) is 2.14. The number of rotatable bonds is 3. The van der Waals surface area contributed by atoms with Gasteiger partial charge in [-0.2, -0.15) is 0 Å². The van der Waals surface area contributed by atoms with E-state index in [0.29, 0.717) is 6.54 Å². The first-order valence-electron chi connectivity index (χ1n) is 7.47. The monoisotopic (exact) mass is 326 g/mol. The van der Waals surface area contributed by atoms with Crippen molar-refractivity contribution in [1.29, 1.82) is 0 Å². The second-order valence-electron chi connectivity index (χ2n) is 6.40. The Hall–Kier alpha value is -1.67. The molecular weight excluding hydrogens is 305 g/mol. The molecule has 1 fully saturated rings. The highest BCUT2D eigenvalue weighted by Crippen LogP contribution is 2.36. The van der Waals surface area contributed by atoms with Crippen molar-refractivity contribution in [3.8, 4) is 0 Å². The van der Waals surface area contributed by atoms with Crippen LogP contribution >= 0.6 is 0 Å². The lowest BCUT2D eigenvalue weighted by Crippen LogP contribution is -2.41. The van der Waals surface area contributed by atoms with Gasteiger partial charge in [0.15, 0.2) is 11.6 Å². The first kappa shape index (κ1) is 17.7. The Balaban J connectivity index is 2.26. The number of urea groups is 1. The fraction of sp³-hybridized carbons (Fsp3) is 0.533. The molecule has 0 aliphatic carbocycles. The molecule has 0 radical (unpaired) electrons. The van der Waals surface area contributed by atoms with Crippen LogP contribution in [0.5, 0.6) is 0 Å². The summed E-state index contributed by atoms with van der Waals surface area (Å²) in [6.45, 7) is 9.40. The van der Waals surface area contributed by atoms with Gasteiger partial charge in [-0.15, -0.1) is 0 Å². The molecule has 1 aromatic rings. The topological polar surface area (TPSA) is 59.6 Å². The maximum Gasteiger partial charge on any atom is 0.497 e. The molecule has 2 rings (SSSR count). The van der Waals surface area contributed by atoms with E-state index < -0.39 is 36.0 Å². The molecule has 5 nitrogen and oxygen atoms in total. The summed E-state index contributed by atoms with van der Waals surface area (Å²) in [5, 5.41) is 4.70. The predicted octanol–water partition coefficient (Wildman–Crippen LogP) is 2.41. The van der Waals surface area contributed by atoms with Crippen molar-refractivity contribution in [2.75, 3.05) is 11.9 Å². The normalized spacial score (nSPS) is 18.8. The van der Waals surface area contributed by atoms with Gasteiger partial charge >= 0.3 is 13.1 Å². The Morgan fingerprint density at radius 3 is 2.22 bits per heavy atom. The van der Waals surface area contributed by atoms with E-state index in [9.17, 15) is 13.6 Å². The summed E-state index contributed by atoms with van der Waals surface area (Å²) < 4.78 is 40.0. The van der Waals surface area contributed by atoms with Gasteiger partial charge in [0, 0.05) is 12.0 Å². The van der Waals surface area contributed by atoms with Crippen molar-refractivity contribution in [2.45, 2.75) is 45.8 Å². The van der Waals surface area contributed by atoms with Crippen LogP contribution in [0.1, 0.15) is 34.6 Å². The molecule has 2 N–H and O–H groups in total. The predicted molar refractivity (Wildman–Crippen MR) is 84.8 cm³/mol. The van der Waals surface area contributed by atoms with Crippen LogP contribution in [0.3, 0.4) is 0 Å². The highest BCUT2D eigenvalue weighted by atomic mass is 19.2. The van der Waals surface area contributed by atoms with Crippen LogP contribution in [0.2, 0.25) is 0 Å². The molecule has 1 aliphatic heterocycles. The summed E-state index contributed by atoms with van der Waals surface area (Å²) in [7, 11) is -1.01. The average Bonchev–Trinajstić information content (AvgIpc) is 2.64. The lowest BCUT2D eigenvalue weighted by Gasteiger charge is -2.32. The minimum absolute atomic E-state index is 0.0393. The first-order valence-corrected chi connectivity index (χ1v) is 7.47. The van der Waals surface area contributed by atoms with Crippen LogP contribution in [0.15, 0.2) is 12.1 Å². The van der Waals surface area contributed by atoms with Gasteiger partial charge in [0.1, 0.15) is 0 Å². The number of nitrogens with one attached hydrogen (secondary N) is 2. The molecule has 1 aromatic carbocycles. The van der Waals surface area contributed by atoms with Crippen molar-refractivity contribution < 1.29 is 22.9 Å². The molecule has 2 amide bonds. The molecule has 1 aliphatic rings. The summed E-state index contributed by atoms with van der Waals surface area (Å²) in [4.78, 5) is 11.4. The third-order valence-electron chi connectivity index (χ3n) is 4.20. The largest absolute Gasteiger partial charge is 0.497 e. The molecule has 126 valence electrons. The van der Waals surface area contributed by atoms with Gasteiger partial charge in [0.05, 0.1) is 16.9 Å². The van der Waals surface area contributed by atoms with Crippen molar-refractivity contribution in [3.05, 3.63) is 23.8 Å². The summed E-state index contributed by atoms with van der Waals surface area (Å²) in [6.07, 6.45) is 0. The molecule has 23 heavy (non-hydrogen) atoms. The van der Waals surface area contributed by atoms with E-state index in [1.807, 2.05) is 27.7 Å². The summed E-state index contributed by atoms with van der Waals surface area (Å²) in [5.74, 6) is -2.25. The van der Waals surface area contributed by atoms with E-state index in [1.165, 1.54) is 12.1 Å². The molecule has 0 spiro atoms. The highest BCUT2D eigenvalue weighted by molar-refractivity contribution is 6.62. The molecule has 0 bridgehead atoms. The third-order valence-corrected chi connectivity index (χ3v) is 4.20. The Kier molecular flexibility index (Phi) is 4.68. The lowest BCUT2D eigenvalue weighted by atomic mass is 9.78. The molecular formula is C15H21BF2N2O3. The Morgan fingerprint density at radius 1 is 1.13 bits per heavy atom. The smallest absolute Gasteiger partial charge is 0.399 e. The zero-order valence-electron chi connectivity index (χ0n) is 13.9. The van der Waals surface area contributed by atoms with Crippen LogP contribution in [-0.4, -0.2) is 30.9 Å². The maximum absolute atomic E-state index is 14.3. The van der Waals surface area contributed by atoms with E-state index in [1.54, 1.807) is 6.92 Å². The van der Waals surface area contributed by atoms with Gasteiger partial charge in [0.2, 0.25) is 0 Å².